The fourth-order valence-electron chi connectivity index (χ4n) is 4.54. The topological polar surface area (TPSA) is 76.6 Å². The van der Waals surface area contributed by atoms with Crippen LogP contribution < -0.4 is 10.1 Å². The zero-order valence-corrected chi connectivity index (χ0v) is 21.0. The number of halogens is 2. The van der Waals surface area contributed by atoms with Crippen LogP contribution in [0.3, 0.4) is 0 Å². The van der Waals surface area contributed by atoms with Crippen LogP contribution in [0.25, 0.3) is 10.9 Å². The molecule has 0 amide bonds. The van der Waals surface area contributed by atoms with Gasteiger partial charge in [-0.05, 0) is 56.8 Å². The maximum atomic E-state index is 13.6. The average molecular weight is 511 g/mol. The molecule has 7 nitrogen and oxygen atoms in total. The lowest BCUT2D eigenvalue weighted by Crippen LogP contribution is -2.17. The Morgan fingerprint density at radius 1 is 1.33 bits per heavy atom. The number of likely N-dealkylation sites (N-methyl/N-ethyl adjacent to an activating group) is 1. The Kier molecular flexibility index (Phi) is 6.92. The summed E-state index contributed by atoms with van der Waals surface area (Å²) in [5.74, 6) is 1.20. The summed E-state index contributed by atoms with van der Waals surface area (Å²) in [6, 6.07) is 8.12. The molecule has 188 valence electrons. The highest BCUT2D eigenvalue weighted by molar-refractivity contribution is 6.31. The van der Waals surface area contributed by atoms with Crippen molar-refractivity contribution in [3.05, 3.63) is 65.2 Å². The van der Waals surface area contributed by atoms with Gasteiger partial charge in [-0.25, -0.2) is 14.4 Å². The molecule has 2 aromatic carbocycles. The van der Waals surface area contributed by atoms with E-state index < -0.39 is 5.82 Å². The smallest absolute Gasteiger partial charge is 0.159 e. The largest absolute Gasteiger partial charge is 0.493 e. The van der Waals surface area contributed by atoms with Crippen molar-refractivity contribution in [2.24, 2.45) is 11.3 Å². The number of anilines is 2. The minimum absolute atomic E-state index is 0.0125. The summed E-state index contributed by atoms with van der Waals surface area (Å²) in [5, 5.41) is 3.92. The van der Waals surface area contributed by atoms with Crippen molar-refractivity contribution in [1.82, 2.24) is 14.9 Å². The van der Waals surface area contributed by atoms with Gasteiger partial charge in [0.1, 0.15) is 23.7 Å². The molecule has 1 saturated heterocycles. The van der Waals surface area contributed by atoms with Crippen molar-refractivity contribution in [2.75, 3.05) is 45.8 Å². The molecule has 0 radical (unpaired) electrons. The SMILES string of the molecule is CN(C)C/C=C/C(=O)Cc1cc2c(Nc3ccc(F)c(Cl)c3)ncnc2cc1OC[C@@]12COC[C@@H]1C2. The first-order chi connectivity index (χ1) is 17.3. The number of fused-ring (bicyclic) bond motifs is 2. The molecule has 2 atom stereocenters. The third-order valence-corrected chi connectivity index (χ3v) is 7.01. The minimum Gasteiger partial charge on any atom is -0.493 e. The summed E-state index contributed by atoms with van der Waals surface area (Å²) in [7, 11) is 3.90. The number of nitrogens with one attached hydrogen (secondary N) is 1. The van der Waals surface area contributed by atoms with Crippen LogP contribution in [-0.4, -0.2) is 61.1 Å². The predicted octanol–water partition coefficient (Wildman–Crippen LogP) is 4.81. The molecule has 9 heteroatoms. The summed E-state index contributed by atoms with van der Waals surface area (Å²) < 4.78 is 25.5. The third-order valence-electron chi connectivity index (χ3n) is 6.72. The van der Waals surface area contributed by atoms with Crippen LogP contribution in [-0.2, 0) is 16.0 Å². The number of allylic oxidation sites excluding steroid dienone is 1. The normalized spacial score (nSPS) is 20.8. The molecule has 1 aliphatic carbocycles. The molecule has 0 bridgehead atoms. The molecule has 3 aromatic rings. The van der Waals surface area contributed by atoms with Crippen LogP contribution in [0.15, 0.2) is 48.8 Å². The maximum Gasteiger partial charge on any atom is 0.159 e. The predicted molar refractivity (Wildman–Crippen MR) is 137 cm³/mol. The van der Waals surface area contributed by atoms with Crippen LogP contribution in [0.2, 0.25) is 5.02 Å². The van der Waals surface area contributed by atoms with E-state index in [1.54, 1.807) is 12.1 Å². The maximum absolute atomic E-state index is 13.6. The van der Waals surface area contributed by atoms with E-state index in [-0.39, 0.29) is 22.6 Å². The standard InChI is InChI=1S/C27H28ClFN4O3/c1-33(2)7-3-4-20(34)8-17-9-21-24(11-25(17)36-15-27-12-18(27)13-35-14-27)30-16-31-26(21)32-19-5-6-23(29)22(28)10-19/h3-6,9-11,16,18H,7-8,12-15H2,1-2H3,(H,30,31,32)/b4-3+/t18-,27+/m0/s1. The van der Waals surface area contributed by atoms with Crippen LogP contribution in [0, 0.1) is 17.2 Å². The van der Waals surface area contributed by atoms with Crippen LogP contribution in [0.5, 0.6) is 5.75 Å². The van der Waals surface area contributed by atoms with E-state index >= 15 is 0 Å². The number of carbonyl (C=O) groups excluding carboxylic acids is 1. The molecule has 0 spiro atoms. The van der Waals surface area contributed by atoms with E-state index in [9.17, 15) is 9.18 Å². The molecular weight excluding hydrogens is 483 g/mol. The van der Waals surface area contributed by atoms with Crippen LogP contribution in [0.1, 0.15) is 12.0 Å². The Morgan fingerprint density at radius 2 is 2.19 bits per heavy atom. The van der Waals surface area contributed by atoms with Gasteiger partial charge in [0.2, 0.25) is 0 Å². The summed E-state index contributed by atoms with van der Waals surface area (Å²) in [6.07, 6.45) is 6.20. The highest BCUT2D eigenvalue weighted by atomic mass is 35.5. The summed E-state index contributed by atoms with van der Waals surface area (Å²) in [4.78, 5) is 23.6. The lowest BCUT2D eigenvalue weighted by Gasteiger charge is -2.17. The van der Waals surface area contributed by atoms with Gasteiger partial charge in [0, 0.05) is 41.1 Å². The van der Waals surface area contributed by atoms with Crippen LogP contribution in [0.4, 0.5) is 15.9 Å². The van der Waals surface area contributed by atoms with E-state index in [2.05, 4.69) is 15.3 Å². The molecule has 5 rings (SSSR count). The number of hydrogen-bond acceptors (Lipinski definition) is 7. The Balaban J connectivity index is 1.45. The fourth-order valence-corrected chi connectivity index (χ4v) is 4.72. The van der Waals surface area contributed by atoms with E-state index in [0.29, 0.717) is 48.4 Å². The van der Waals surface area contributed by atoms with Gasteiger partial charge in [0.25, 0.3) is 0 Å². The number of nitrogens with zero attached hydrogens (tertiary/aromatic N) is 3. The van der Waals surface area contributed by atoms with Gasteiger partial charge < -0.3 is 19.7 Å². The third kappa shape index (κ3) is 5.36. The molecule has 2 fully saturated rings. The second kappa shape index (κ2) is 10.1. The quantitative estimate of drug-likeness (QED) is 0.392. The number of hydrogen-bond donors (Lipinski definition) is 1. The first-order valence-corrected chi connectivity index (χ1v) is 12.3. The van der Waals surface area contributed by atoms with Gasteiger partial charge in [-0.3, -0.25) is 4.79 Å². The van der Waals surface area contributed by atoms with Crippen molar-refractivity contribution in [3.63, 3.8) is 0 Å². The monoisotopic (exact) mass is 510 g/mol. The Bertz CT molecular complexity index is 1330. The fraction of sp³-hybridized carbons (Fsp3) is 0.370. The molecule has 36 heavy (non-hydrogen) atoms. The number of benzene rings is 2. The summed E-state index contributed by atoms with van der Waals surface area (Å²) in [6.45, 7) is 2.73. The van der Waals surface area contributed by atoms with E-state index in [1.807, 2.05) is 37.2 Å². The van der Waals surface area contributed by atoms with E-state index in [0.717, 1.165) is 24.0 Å². The molecule has 0 unspecified atom stereocenters. The second-order valence-corrected chi connectivity index (χ2v) is 10.2. The highest BCUT2D eigenvalue weighted by Crippen LogP contribution is 2.57. The zero-order valence-electron chi connectivity index (χ0n) is 20.3. The molecule has 2 heterocycles. The summed E-state index contributed by atoms with van der Waals surface area (Å²) >= 11 is 5.95. The molecule has 2 aliphatic rings. The Labute approximate surface area is 214 Å². The molecule has 1 aliphatic heterocycles. The second-order valence-electron chi connectivity index (χ2n) is 9.83. The number of carbonyl (C=O) groups is 1. The molecule has 1 aromatic heterocycles. The van der Waals surface area contributed by atoms with Gasteiger partial charge in [-0.2, -0.15) is 0 Å². The average Bonchev–Trinajstić information content (AvgIpc) is 3.38. The number of rotatable bonds is 10. The van der Waals surface area contributed by atoms with Gasteiger partial charge in [-0.15, -0.1) is 0 Å². The lowest BCUT2D eigenvalue weighted by molar-refractivity contribution is -0.114. The van der Waals surface area contributed by atoms with Crippen molar-refractivity contribution < 1.29 is 18.7 Å². The summed E-state index contributed by atoms with van der Waals surface area (Å²) in [5.41, 5.74) is 2.10. The minimum atomic E-state index is -0.496. The highest BCUT2D eigenvalue weighted by Gasteiger charge is 2.59. The van der Waals surface area contributed by atoms with Crippen molar-refractivity contribution >= 4 is 39.8 Å². The van der Waals surface area contributed by atoms with Gasteiger partial charge in [0.05, 0.1) is 30.4 Å². The molecular formula is C27H28ClFN4O3. The first kappa shape index (κ1) is 24.6. The van der Waals surface area contributed by atoms with Gasteiger partial charge >= 0.3 is 0 Å². The van der Waals surface area contributed by atoms with Crippen molar-refractivity contribution in [1.29, 1.82) is 0 Å². The zero-order chi connectivity index (χ0) is 25.3. The molecule has 1 saturated carbocycles. The van der Waals surface area contributed by atoms with E-state index in [1.165, 1.54) is 18.5 Å². The number of ether oxygens (including phenoxy) is 2. The number of aromatic nitrogens is 2. The lowest BCUT2D eigenvalue weighted by atomic mass is 10.0. The van der Waals surface area contributed by atoms with Crippen molar-refractivity contribution in [3.8, 4) is 5.75 Å². The van der Waals surface area contributed by atoms with E-state index in [4.69, 9.17) is 21.1 Å². The molecule has 1 N–H and O–H groups in total. The van der Waals surface area contributed by atoms with Gasteiger partial charge in [-0.1, -0.05) is 17.7 Å². The first-order valence-electron chi connectivity index (χ1n) is 11.9. The Hall–Kier alpha value is -3.07. The van der Waals surface area contributed by atoms with Crippen molar-refractivity contribution in [2.45, 2.75) is 12.8 Å². The van der Waals surface area contributed by atoms with Gasteiger partial charge in [0.15, 0.2) is 5.78 Å². The number of ketones is 1. The van der Waals surface area contributed by atoms with Crippen LogP contribution >= 0.6 is 11.6 Å². The Morgan fingerprint density at radius 3 is 2.92 bits per heavy atom.